The van der Waals surface area contributed by atoms with Crippen LogP contribution in [-0.2, 0) is 6.54 Å². The maximum absolute atomic E-state index is 13.8. The Bertz CT molecular complexity index is 666. The third-order valence-electron chi connectivity index (χ3n) is 4.38. The van der Waals surface area contributed by atoms with Gasteiger partial charge in [-0.3, -0.25) is 9.88 Å². The van der Waals surface area contributed by atoms with Gasteiger partial charge < -0.3 is 10.2 Å². The van der Waals surface area contributed by atoms with Gasteiger partial charge in [0.1, 0.15) is 11.6 Å². The Kier molecular flexibility index (Phi) is 4.66. The molecule has 2 heterocycles. The number of pyridine rings is 1. The molecule has 3 atom stereocenters. The van der Waals surface area contributed by atoms with Gasteiger partial charge in [0.25, 0.3) is 0 Å². The first-order valence-electron chi connectivity index (χ1n) is 7.48. The summed E-state index contributed by atoms with van der Waals surface area (Å²) in [7, 11) is 0. The van der Waals surface area contributed by atoms with Gasteiger partial charge in [-0.25, -0.2) is 8.78 Å². The van der Waals surface area contributed by atoms with Crippen molar-refractivity contribution in [3.8, 4) is 0 Å². The summed E-state index contributed by atoms with van der Waals surface area (Å²) in [6.45, 7) is 0.397. The van der Waals surface area contributed by atoms with Gasteiger partial charge in [-0.05, 0) is 29.8 Å². The molecule has 0 saturated carbocycles. The van der Waals surface area contributed by atoms with Crippen LogP contribution in [0.4, 0.5) is 8.78 Å². The van der Waals surface area contributed by atoms with E-state index in [1.165, 1.54) is 30.5 Å². The zero-order valence-electron chi connectivity index (χ0n) is 12.4. The molecule has 2 aromatic rings. The molecule has 1 saturated heterocycles. The highest BCUT2D eigenvalue weighted by Crippen LogP contribution is 2.33. The van der Waals surface area contributed by atoms with E-state index < -0.39 is 18.0 Å². The summed E-state index contributed by atoms with van der Waals surface area (Å²) in [5.41, 5.74) is 1.07. The minimum Gasteiger partial charge on any atom is -0.395 e. The lowest BCUT2D eigenvalue weighted by Gasteiger charge is -2.23. The molecule has 0 unspecified atom stereocenters. The lowest BCUT2D eigenvalue weighted by atomic mass is 9.94. The summed E-state index contributed by atoms with van der Waals surface area (Å²) < 4.78 is 26.8. The molecule has 23 heavy (non-hydrogen) atoms. The molecule has 1 aromatic carbocycles. The number of benzene rings is 1. The normalized spacial score (nSPS) is 25.0. The molecule has 0 spiro atoms. The van der Waals surface area contributed by atoms with Gasteiger partial charge in [0.05, 0.1) is 24.4 Å². The van der Waals surface area contributed by atoms with E-state index in [1.54, 1.807) is 12.1 Å². The maximum Gasteiger partial charge on any atom is 0.146 e. The van der Waals surface area contributed by atoms with Crippen molar-refractivity contribution in [1.82, 2.24) is 9.88 Å². The Morgan fingerprint density at radius 3 is 2.57 bits per heavy atom. The molecule has 122 valence electrons. The molecule has 3 rings (SSSR count). The van der Waals surface area contributed by atoms with Crippen LogP contribution in [0.25, 0.3) is 0 Å². The van der Waals surface area contributed by atoms with Crippen LogP contribution in [0.5, 0.6) is 0 Å². The molecule has 2 N–H and O–H groups in total. The molecule has 0 amide bonds. The van der Waals surface area contributed by atoms with Crippen molar-refractivity contribution in [3.05, 3.63) is 65.5 Å². The van der Waals surface area contributed by atoms with Crippen molar-refractivity contribution in [2.24, 2.45) is 0 Å². The molecule has 0 bridgehead atoms. The van der Waals surface area contributed by atoms with E-state index in [0.717, 1.165) is 5.56 Å². The summed E-state index contributed by atoms with van der Waals surface area (Å²) in [5, 5.41) is 20.1. The van der Waals surface area contributed by atoms with Gasteiger partial charge in [0.2, 0.25) is 0 Å². The summed E-state index contributed by atoms with van der Waals surface area (Å²) in [5.74, 6) is -1.02. The fourth-order valence-corrected chi connectivity index (χ4v) is 3.13. The Labute approximate surface area is 133 Å². The van der Waals surface area contributed by atoms with E-state index >= 15 is 0 Å². The number of aromatic nitrogens is 1. The molecule has 6 heteroatoms. The fraction of sp³-hybridized carbons (Fsp3) is 0.353. The van der Waals surface area contributed by atoms with Crippen LogP contribution in [0.1, 0.15) is 17.2 Å². The van der Waals surface area contributed by atoms with Crippen LogP contribution in [0.3, 0.4) is 0 Å². The summed E-state index contributed by atoms with van der Waals surface area (Å²) in [6.07, 6.45) is 0.702. The SMILES string of the molecule is OC[C@@H]1[C@H](O)[C@@H](c2ccc(F)cc2)CN1Cc1ncccc1F. The summed E-state index contributed by atoms with van der Waals surface area (Å²) >= 11 is 0. The van der Waals surface area contributed by atoms with Crippen molar-refractivity contribution in [2.45, 2.75) is 24.6 Å². The number of rotatable bonds is 4. The van der Waals surface area contributed by atoms with Crippen molar-refractivity contribution >= 4 is 0 Å². The first-order valence-corrected chi connectivity index (χ1v) is 7.48. The predicted molar refractivity (Wildman–Crippen MR) is 80.6 cm³/mol. The van der Waals surface area contributed by atoms with Gasteiger partial charge in [-0.15, -0.1) is 0 Å². The van der Waals surface area contributed by atoms with E-state index in [2.05, 4.69) is 4.98 Å². The Morgan fingerprint density at radius 1 is 1.17 bits per heavy atom. The second kappa shape index (κ2) is 6.70. The number of hydrogen-bond donors (Lipinski definition) is 2. The van der Waals surface area contributed by atoms with Crippen LogP contribution in [0.15, 0.2) is 42.6 Å². The van der Waals surface area contributed by atoms with Crippen molar-refractivity contribution in [3.63, 3.8) is 0 Å². The van der Waals surface area contributed by atoms with E-state index in [4.69, 9.17) is 0 Å². The molecule has 4 nitrogen and oxygen atoms in total. The Balaban J connectivity index is 1.81. The van der Waals surface area contributed by atoms with Gasteiger partial charge in [0, 0.05) is 25.2 Å². The quantitative estimate of drug-likeness (QED) is 0.900. The average molecular weight is 320 g/mol. The monoisotopic (exact) mass is 320 g/mol. The van der Waals surface area contributed by atoms with E-state index in [9.17, 15) is 19.0 Å². The highest BCUT2D eigenvalue weighted by molar-refractivity contribution is 5.25. The smallest absolute Gasteiger partial charge is 0.146 e. The minimum atomic E-state index is -0.808. The van der Waals surface area contributed by atoms with Crippen LogP contribution in [0.2, 0.25) is 0 Å². The molecule has 0 radical (unpaired) electrons. The maximum atomic E-state index is 13.8. The second-order valence-corrected chi connectivity index (χ2v) is 5.76. The van der Waals surface area contributed by atoms with E-state index in [0.29, 0.717) is 6.54 Å². The zero-order chi connectivity index (χ0) is 16.4. The van der Waals surface area contributed by atoms with Crippen molar-refractivity contribution < 1.29 is 19.0 Å². The van der Waals surface area contributed by atoms with Gasteiger partial charge >= 0.3 is 0 Å². The number of nitrogens with zero attached hydrogens (tertiary/aromatic N) is 2. The topological polar surface area (TPSA) is 56.6 Å². The van der Waals surface area contributed by atoms with Crippen LogP contribution >= 0.6 is 0 Å². The third-order valence-corrected chi connectivity index (χ3v) is 4.38. The lowest BCUT2D eigenvalue weighted by molar-refractivity contribution is 0.0632. The van der Waals surface area contributed by atoms with E-state index in [-0.39, 0.29) is 30.6 Å². The van der Waals surface area contributed by atoms with Gasteiger partial charge in [-0.2, -0.15) is 0 Å². The van der Waals surface area contributed by atoms with E-state index in [1.807, 2.05) is 4.90 Å². The molecule has 1 aliphatic rings. The molecule has 1 fully saturated rings. The molecular weight excluding hydrogens is 302 g/mol. The second-order valence-electron chi connectivity index (χ2n) is 5.76. The number of aliphatic hydroxyl groups excluding tert-OH is 2. The standard InChI is InChI=1S/C17H18F2N2O2/c18-12-5-3-11(4-6-12)13-8-21(16(10-22)17(13)23)9-15-14(19)2-1-7-20-15/h1-7,13,16-17,22-23H,8-10H2/t13-,16-,17-/m1/s1. The average Bonchev–Trinajstić information content (AvgIpc) is 2.86. The first kappa shape index (κ1) is 16.0. The van der Waals surface area contributed by atoms with Crippen molar-refractivity contribution in [1.29, 1.82) is 0 Å². The van der Waals surface area contributed by atoms with Gasteiger partial charge in [-0.1, -0.05) is 12.1 Å². The fourth-order valence-electron chi connectivity index (χ4n) is 3.13. The third kappa shape index (κ3) is 3.24. The van der Waals surface area contributed by atoms with Crippen LogP contribution in [0, 0.1) is 11.6 Å². The van der Waals surface area contributed by atoms with Crippen LogP contribution in [-0.4, -0.2) is 45.4 Å². The minimum absolute atomic E-state index is 0.201. The zero-order valence-corrected chi connectivity index (χ0v) is 12.4. The molecular formula is C17H18F2N2O2. The number of likely N-dealkylation sites (tertiary alicyclic amines) is 1. The highest BCUT2D eigenvalue weighted by atomic mass is 19.1. The summed E-state index contributed by atoms with van der Waals surface area (Å²) in [4.78, 5) is 5.83. The number of halogens is 2. The molecule has 0 aliphatic carbocycles. The van der Waals surface area contributed by atoms with Crippen molar-refractivity contribution in [2.75, 3.05) is 13.2 Å². The first-order chi connectivity index (χ1) is 11.1. The molecule has 1 aliphatic heterocycles. The van der Waals surface area contributed by atoms with Crippen LogP contribution < -0.4 is 0 Å². The Morgan fingerprint density at radius 2 is 1.91 bits per heavy atom. The highest BCUT2D eigenvalue weighted by Gasteiger charge is 2.41. The molecule has 1 aromatic heterocycles. The Hall–Kier alpha value is -1.89. The predicted octanol–water partition coefficient (Wildman–Crippen LogP) is 1.68. The number of aliphatic hydroxyl groups is 2. The lowest BCUT2D eigenvalue weighted by Crippen LogP contribution is -2.38. The van der Waals surface area contributed by atoms with Gasteiger partial charge in [0.15, 0.2) is 0 Å². The largest absolute Gasteiger partial charge is 0.395 e. The summed E-state index contributed by atoms with van der Waals surface area (Å²) in [6, 6.07) is 8.29. The number of hydrogen-bond acceptors (Lipinski definition) is 4.